The van der Waals surface area contributed by atoms with Crippen molar-refractivity contribution in [3.63, 3.8) is 0 Å². The van der Waals surface area contributed by atoms with Gasteiger partial charge < -0.3 is 4.74 Å². The van der Waals surface area contributed by atoms with E-state index >= 15 is 0 Å². The topological polar surface area (TPSA) is 39.2 Å². The molecule has 0 amide bonds. The molecule has 0 spiro atoms. The maximum Gasteiger partial charge on any atom is 0.338 e. The van der Waals surface area contributed by atoms with Crippen LogP contribution in [0.3, 0.4) is 0 Å². The highest BCUT2D eigenvalue weighted by molar-refractivity contribution is 9.08. The van der Waals surface area contributed by atoms with Crippen LogP contribution in [0.15, 0.2) is 6.07 Å². The number of carbonyl (C=O) groups excluding carboxylic acids is 1. The summed E-state index contributed by atoms with van der Waals surface area (Å²) in [5, 5.41) is -0.0956. The number of esters is 1. The fraction of sp³-hybridized carbons (Fsp3) is 0.333. The summed E-state index contributed by atoms with van der Waals surface area (Å²) in [5.41, 5.74) is -0.425. The van der Waals surface area contributed by atoms with Crippen LogP contribution in [0.25, 0.3) is 0 Å². The predicted octanol–water partition coefficient (Wildman–Crippen LogP) is 3.35. The molecule has 1 heterocycles. The lowest BCUT2D eigenvalue weighted by molar-refractivity contribution is 0.0599. The molecule has 3 nitrogen and oxygen atoms in total. The fourth-order valence-electron chi connectivity index (χ4n) is 1.17. The minimum atomic E-state index is -2.80. The lowest BCUT2D eigenvalue weighted by Crippen LogP contribution is -2.09. The van der Waals surface area contributed by atoms with Gasteiger partial charge in [-0.15, -0.1) is 0 Å². The Morgan fingerprint density at radius 2 is 2.31 bits per heavy atom. The van der Waals surface area contributed by atoms with Crippen molar-refractivity contribution in [3.8, 4) is 0 Å². The number of hydrogen-bond acceptors (Lipinski definition) is 3. The van der Waals surface area contributed by atoms with E-state index in [2.05, 4.69) is 25.7 Å². The number of carbonyl (C=O) groups is 1. The maximum atomic E-state index is 12.6. The number of rotatable bonds is 3. The van der Waals surface area contributed by atoms with Gasteiger partial charge in [-0.2, -0.15) is 0 Å². The van der Waals surface area contributed by atoms with E-state index in [0.717, 1.165) is 7.11 Å². The van der Waals surface area contributed by atoms with E-state index in [1.54, 1.807) is 0 Å². The zero-order valence-electron chi connectivity index (χ0n) is 8.14. The summed E-state index contributed by atoms with van der Waals surface area (Å²) in [5.74, 6) is -0.722. The van der Waals surface area contributed by atoms with Gasteiger partial charge in [-0.05, 0) is 6.07 Å². The molecule has 0 fully saturated rings. The van der Waals surface area contributed by atoms with Crippen LogP contribution in [-0.2, 0) is 10.1 Å². The molecule has 0 saturated heterocycles. The average Bonchev–Trinajstić information content (AvgIpc) is 2.26. The van der Waals surface area contributed by atoms with Gasteiger partial charge in [0.1, 0.15) is 10.8 Å². The molecule has 16 heavy (non-hydrogen) atoms. The molecule has 1 aromatic rings. The molecular weight excluding hydrogens is 307 g/mol. The molecule has 0 radical (unpaired) electrons. The highest BCUT2D eigenvalue weighted by Crippen LogP contribution is 2.28. The first kappa shape index (κ1) is 13.3. The molecule has 0 bridgehead atoms. The normalized spacial score (nSPS) is 10.6. The Morgan fingerprint density at radius 1 is 1.69 bits per heavy atom. The van der Waals surface area contributed by atoms with Gasteiger partial charge in [-0.3, -0.25) is 0 Å². The van der Waals surface area contributed by atoms with Crippen molar-refractivity contribution < 1.29 is 18.3 Å². The van der Waals surface area contributed by atoms with Gasteiger partial charge in [0.05, 0.1) is 12.7 Å². The van der Waals surface area contributed by atoms with Crippen LogP contribution in [0.5, 0.6) is 0 Å². The highest BCUT2D eigenvalue weighted by Gasteiger charge is 2.22. The van der Waals surface area contributed by atoms with E-state index in [-0.39, 0.29) is 21.6 Å². The first-order chi connectivity index (χ1) is 7.51. The Morgan fingerprint density at radius 3 is 2.75 bits per heavy atom. The van der Waals surface area contributed by atoms with Gasteiger partial charge in [0.25, 0.3) is 6.43 Å². The van der Waals surface area contributed by atoms with Crippen LogP contribution in [0, 0.1) is 0 Å². The quantitative estimate of drug-likeness (QED) is 0.488. The Bertz CT molecular complexity index is 415. The molecule has 0 aliphatic carbocycles. The summed E-state index contributed by atoms with van der Waals surface area (Å²) in [4.78, 5) is 14.8. The first-order valence-electron chi connectivity index (χ1n) is 4.13. The molecular formula is C9H7BrClF2NO2. The Kier molecular flexibility index (Phi) is 4.61. The van der Waals surface area contributed by atoms with Crippen LogP contribution in [-0.4, -0.2) is 18.1 Å². The van der Waals surface area contributed by atoms with Gasteiger partial charge in [-0.1, -0.05) is 27.5 Å². The van der Waals surface area contributed by atoms with Gasteiger partial charge >= 0.3 is 5.97 Å². The molecule has 1 rings (SSSR count). The summed E-state index contributed by atoms with van der Waals surface area (Å²) in [6.45, 7) is 0. The molecule has 7 heteroatoms. The molecule has 0 saturated carbocycles. The fourth-order valence-corrected chi connectivity index (χ4v) is 1.96. The zero-order chi connectivity index (χ0) is 12.3. The number of aromatic nitrogens is 1. The zero-order valence-corrected chi connectivity index (χ0v) is 10.5. The predicted molar refractivity (Wildman–Crippen MR) is 58.2 cm³/mol. The summed E-state index contributed by atoms with van der Waals surface area (Å²) < 4.78 is 29.8. The molecule has 0 aliphatic heterocycles. The lowest BCUT2D eigenvalue weighted by Gasteiger charge is -2.10. The third-order valence-corrected chi connectivity index (χ3v) is 2.63. The molecule has 0 atom stereocenters. The second-order valence-corrected chi connectivity index (χ2v) is 3.73. The van der Waals surface area contributed by atoms with Crippen molar-refractivity contribution in [1.29, 1.82) is 0 Å². The van der Waals surface area contributed by atoms with E-state index in [1.165, 1.54) is 6.07 Å². The maximum absolute atomic E-state index is 12.6. The highest BCUT2D eigenvalue weighted by atomic mass is 79.9. The smallest absolute Gasteiger partial charge is 0.338 e. The largest absolute Gasteiger partial charge is 0.465 e. The van der Waals surface area contributed by atoms with Gasteiger partial charge in [-0.25, -0.2) is 18.6 Å². The van der Waals surface area contributed by atoms with Gasteiger partial charge in [0.2, 0.25) is 0 Å². The summed E-state index contributed by atoms with van der Waals surface area (Å²) in [6.07, 6.45) is -2.80. The van der Waals surface area contributed by atoms with E-state index in [1.807, 2.05) is 0 Å². The Labute approximate surface area is 104 Å². The number of nitrogens with zero attached hydrogens (tertiary/aromatic N) is 1. The summed E-state index contributed by atoms with van der Waals surface area (Å²) in [7, 11) is 1.16. The van der Waals surface area contributed by atoms with Crippen molar-refractivity contribution in [2.24, 2.45) is 0 Å². The number of methoxy groups -OCH3 is 1. The third kappa shape index (κ3) is 2.68. The minimum absolute atomic E-state index is 0.00493. The Balaban J connectivity index is 3.41. The van der Waals surface area contributed by atoms with Crippen LogP contribution < -0.4 is 0 Å². The first-order valence-corrected chi connectivity index (χ1v) is 5.63. The number of alkyl halides is 3. The summed E-state index contributed by atoms with van der Waals surface area (Å²) in [6, 6.07) is 1.20. The van der Waals surface area contributed by atoms with E-state index in [4.69, 9.17) is 11.6 Å². The number of halogens is 4. The number of ether oxygens (including phenoxy) is 1. The minimum Gasteiger partial charge on any atom is -0.465 e. The summed E-state index contributed by atoms with van der Waals surface area (Å²) >= 11 is 8.58. The molecule has 1 aromatic heterocycles. The van der Waals surface area contributed by atoms with E-state index in [9.17, 15) is 13.6 Å². The van der Waals surface area contributed by atoms with Crippen LogP contribution in [0.2, 0.25) is 5.15 Å². The van der Waals surface area contributed by atoms with Crippen molar-refractivity contribution in [2.75, 3.05) is 7.11 Å². The molecule has 0 aliphatic rings. The van der Waals surface area contributed by atoms with Gasteiger partial charge in [0, 0.05) is 10.9 Å². The molecule has 0 aromatic carbocycles. The van der Waals surface area contributed by atoms with Crippen LogP contribution in [0.1, 0.15) is 28.0 Å². The molecule has 0 unspecified atom stereocenters. The standard InChI is InChI=1S/C9H7BrClF2NO2/c1-16-9(15)4-2-6(11)14-7(8(12)13)5(4)3-10/h2,8H,3H2,1H3. The number of hydrogen-bond donors (Lipinski definition) is 0. The van der Waals surface area contributed by atoms with Crippen LogP contribution in [0.4, 0.5) is 8.78 Å². The molecule has 88 valence electrons. The average molecular weight is 315 g/mol. The van der Waals surface area contributed by atoms with Crippen molar-refractivity contribution in [3.05, 3.63) is 28.0 Å². The van der Waals surface area contributed by atoms with E-state index < -0.39 is 18.1 Å². The van der Waals surface area contributed by atoms with E-state index in [0.29, 0.717) is 0 Å². The third-order valence-electron chi connectivity index (χ3n) is 1.87. The van der Waals surface area contributed by atoms with Crippen LogP contribution >= 0.6 is 27.5 Å². The van der Waals surface area contributed by atoms with Crippen molar-refractivity contribution in [1.82, 2.24) is 4.98 Å². The number of pyridine rings is 1. The SMILES string of the molecule is COC(=O)c1cc(Cl)nc(C(F)F)c1CBr. The molecule has 0 N–H and O–H groups in total. The second kappa shape index (κ2) is 5.54. The van der Waals surface area contributed by atoms with Crippen molar-refractivity contribution >= 4 is 33.5 Å². The Hall–Kier alpha value is -0.750. The second-order valence-electron chi connectivity index (χ2n) is 2.78. The lowest BCUT2D eigenvalue weighted by atomic mass is 10.1. The van der Waals surface area contributed by atoms with Crippen molar-refractivity contribution in [2.45, 2.75) is 11.8 Å². The van der Waals surface area contributed by atoms with Gasteiger partial charge in [0.15, 0.2) is 0 Å². The monoisotopic (exact) mass is 313 g/mol.